The molecule has 0 bridgehead atoms. The lowest BCUT2D eigenvalue weighted by molar-refractivity contribution is -0.137. The second-order valence-corrected chi connectivity index (χ2v) is 10.0. The highest BCUT2D eigenvalue weighted by atomic mass is 32.2. The predicted molar refractivity (Wildman–Crippen MR) is 115 cm³/mol. The molecule has 2 heterocycles. The monoisotopic (exact) mass is 477 g/mol. The van der Waals surface area contributed by atoms with Crippen LogP contribution in [0.5, 0.6) is 0 Å². The molecule has 1 aliphatic heterocycles. The first-order valence-corrected chi connectivity index (χ1v) is 11.7. The lowest BCUT2D eigenvalue weighted by Crippen LogP contribution is -2.52. The van der Waals surface area contributed by atoms with Gasteiger partial charge in [-0.1, -0.05) is 48.5 Å². The molecule has 33 heavy (non-hydrogen) atoms. The third-order valence-electron chi connectivity index (χ3n) is 5.90. The molecule has 6 nitrogen and oxygen atoms in total. The third kappa shape index (κ3) is 4.72. The fourth-order valence-corrected chi connectivity index (χ4v) is 5.63. The number of carbonyl (C=O) groups is 1. The molecule has 0 amide bonds. The number of aromatic nitrogens is 2. The molecule has 2 aromatic carbocycles. The summed E-state index contributed by atoms with van der Waals surface area (Å²) in [5.41, 5.74) is -0.548. The highest BCUT2D eigenvalue weighted by molar-refractivity contribution is 7.89. The number of alkyl halides is 3. The molecule has 1 unspecified atom stereocenters. The fraction of sp³-hybridized carbons (Fsp3) is 0.304. The van der Waals surface area contributed by atoms with Gasteiger partial charge in [-0.2, -0.15) is 17.5 Å². The van der Waals surface area contributed by atoms with Crippen LogP contribution in [0.1, 0.15) is 33.8 Å². The zero-order valence-corrected chi connectivity index (χ0v) is 18.6. The number of aryl methyl sites for hydroxylation is 1. The van der Waals surface area contributed by atoms with Crippen molar-refractivity contribution in [3.05, 3.63) is 83.8 Å². The van der Waals surface area contributed by atoms with Crippen LogP contribution < -0.4 is 0 Å². The molecule has 0 aliphatic carbocycles. The van der Waals surface area contributed by atoms with Crippen molar-refractivity contribution in [1.82, 2.24) is 13.9 Å². The van der Waals surface area contributed by atoms with Crippen LogP contribution in [0.4, 0.5) is 13.2 Å². The molecule has 0 radical (unpaired) electrons. The highest BCUT2D eigenvalue weighted by Crippen LogP contribution is 2.39. The Morgan fingerprint density at radius 1 is 1.09 bits per heavy atom. The van der Waals surface area contributed by atoms with Crippen molar-refractivity contribution < 1.29 is 26.4 Å². The normalized spacial score (nSPS) is 16.4. The van der Waals surface area contributed by atoms with Gasteiger partial charge >= 0.3 is 6.18 Å². The Morgan fingerprint density at radius 2 is 1.73 bits per heavy atom. The maximum Gasteiger partial charge on any atom is 0.417 e. The molecular weight excluding hydrogens is 455 g/mol. The molecule has 1 aliphatic rings. The SMILES string of the molecule is Cn1cnc(S(=O)(=O)N2CC(C(CC(=O)c3ccccc3C(F)(F)F)c3ccccc3)C2)c1. The van der Waals surface area contributed by atoms with Crippen molar-refractivity contribution >= 4 is 15.8 Å². The molecule has 0 spiro atoms. The van der Waals surface area contributed by atoms with Gasteiger partial charge in [-0.05, 0) is 23.5 Å². The van der Waals surface area contributed by atoms with Gasteiger partial charge in [0.1, 0.15) is 0 Å². The summed E-state index contributed by atoms with van der Waals surface area (Å²) in [5.74, 6) is -1.26. The number of Topliss-reactive ketones (excluding diaryl/α,β-unsaturated/α-hetero) is 1. The molecule has 4 rings (SSSR count). The van der Waals surface area contributed by atoms with Crippen LogP contribution in [0.15, 0.2) is 72.1 Å². The van der Waals surface area contributed by atoms with E-state index in [1.54, 1.807) is 25.2 Å². The number of imidazole rings is 1. The van der Waals surface area contributed by atoms with Crippen LogP contribution in [-0.2, 0) is 23.2 Å². The Kier molecular flexibility index (Phi) is 6.15. The summed E-state index contributed by atoms with van der Waals surface area (Å²) < 4.78 is 68.6. The Hall–Kier alpha value is -2.98. The summed E-state index contributed by atoms with van der Waals surface area (Å²) in [6, 6.07) is 13.7. The Balaban J connectivity index is 1.57. The molecule has 0 N–H and O–H groups in total. The van der Waals surface area contributed by atoms with Crippen LogP contribution in [0.3, 0.4) is 0 Å². The second-order valence-electron chi connectivity index (χ2n) is 8.15. The van der Waals surface area contributed by atoms with Crippen molar-refractivity contribution in [2.75, 3.05) is 13.1 Å². The Labute approximate surface area is 189 Å². The molecule has 1 aromatic heterocycles. The second kappa shape index (κ2) is 8.75. The van der Waals surface area contributed by atoms with E-state index in [1.165, 1.54) is 39.6 Å². The predicted octanol–water partition coefficient (Wildman–Crippen LogP) is 4.12. The summed E-state index contributed by atoms with van der Waals surface area (Å²) >= 11 is 0. The van der Waals surface area contributed by atoms with Gasteiger partial charge in [0.25, 0.3) is 10.0 Å². The van der Waals surface area contributed by atoms with Gasteiger partial charge in [0.05, 0.1) is 11.9 Å². The zero-order chi connectivity index (χ0) is 23.8. The largest absolute Gasteiger partial charge is 0.417 e. The van der Waals surface area contributed by atoms with Crippen molar-refractivity contribution in [3.8, 4) is 0 Å². The van der Waals surface area contributed by atoms with E-state index in [-0.39, 0.29) is 36.0 Å². The summed E-state index contributed by atoms with van der Waals surface area (Å²) in [5, 5.41) is -0.0603. The van der Waals surface area contributed by atoms with E-state index < -0.39 is 33.5 Å². The summed E-state index contributed by atoms with van der Waals surface area (Å²) in [6.07, 6.45) is -1.99. The number of hydrogen-bond acceptors (Lipinski definition) is 4. The van der Waals surface area contributed by atoms with Gasteiger partial charge in [0, 0.05) is 38.3 Å². The van der Waals surface area contributed by atoms with Crippen molar-refractivity contribution in [2.24, 2.45) is 13.0 Å². The minimum atomic E-state index is -4.64. The molecule has 10 heteroatoms. The number of rotatable bonds is 7. The topological polar surface area (TPSA) is 72.3 Å². The zero-order valence-electron chi connectivity index (χ0n) is 17.7. The molecular formula is C23H22F3N3O3S. The van der Waals surface area contributed by atoms with E-state index >= 15 is 0 Å². The third-order valence-corrected chi connectivity index (χ3v) is 7.61. The molecule has 0 saturated carbocycles. The van der Waals surface area contributed by atoms with E-state index in [2.05, 4.69) is 4.98 Å². The number of benzene rings is 2. The van der Waals surface area contributed by atoms with Crippen LogP contribution >= 0.6 is 0 Å². The Bertz CT molecular complexity index is 1250. The lowest BCUT2D eigenvalue weighted by Gasteiger charge is -2.42. The van der Waals surface area contributed by atoms with Gasteiger partial charge < -0.3 is 4.57 Å². The highest BCUT2D eigenvalue weighted by Gasteiger charge is 2.43. The first kappa shape index (κ1) is 23.2. The number of halogens is 3. The average molecular weight is 478 g/mol. The van der Waals surface area contributed by atoms with E-state index in [0.717, 1.165) is 11.6 Å². The number of ketones is 1. The lowest BCUT2D eigenvalue weighted by atomic mass is 9.78. The minimum Gasteiger partial charge on any atom is -0.339 e. The summed E-state index contributed by atoms with van der Waals surface area (Å²) in [6.45, 7) is 0.319. The number of carbonyl (C=O) groups excluding carboxylic acids is 1. The number of nitrogens with zero attached hydrogens (tertiary/aromatic N) is 3. The molecule has 174 valence electrons. The van der Waals surface area contributed by atoms with Crippen molar-refractivity contribution in [3.63, 3.8) is 0 Å². The van der Waals surface area contributed by atoms with E-state index in [0.29, 0.717) is 0 Å². The van der Waals surface area contributed by atoms with Crippen molar-refractivity contribution in [1.29, 1.82) is 0 Å². The number of sulfonamides is 1. The number of hydrogen-bond donors (Lipinski definition) is 0. The maximum atomic E-state index is 13.4. The van der Waals surface area contributed by atoms with Crippen molar-refractivity contribution in [2.45, 2.75) is 23.5 Å². The van der Waals surface area contributed by atoms with Gasteiger partial charge in [-0.25, -0.2) is 13.4 Å². The van der Waals surface area contributed by atoms with Crippen LogP contribution in [0.25, 0.3) is 0 Å². The first-order chi connectivity index (χ1) is 15.6. The van der Waals surface area contributed by atoms with Gasteiger partial charge in [0.2, 0.25) is 0 Å². The first-order valence-electron chi connectivity index (χ1n) is 10.3. The van der Waals surface area contributed by atoms with Crippen LogP contribution in [-0.4, -0.2) is 41.1 Å². The van der Waals surface area contributed by atoms with Gasteiger partial charge in [-0.15, -0.1) is 0 Å². The maximum absolute atomic E-state index is 13.4. The quantitative estimate of drug-likeness (QED) is 0.480. The summed E-state index contributed by atoms with van der Waals surface area (Å²) in [4.78, 5) is 16.9. The van der Waals surface area contributed by atoms with E-state index in [4.69, 9.17) is 0 Å². The van der Waals surface area contributed by atoms with Gasteiger partial charge in [-0.3, -0.25) is 4.79 Å². The van der Waals surface area contributed by atoms with Crippen LogP contribution in [0.2, 0.25) is 0 Å². The van der Waals surface area contributed by atoms with E-state index in [9.17, 15) is 26.4 Å². The van der Waals surface area contributed by atoms with Crippen LogP contribution in [0, 0.1) is 5.92 Å². The molecule has 1 fully saturated rings. The fourth-order valence-electron chi connectivity index (χ4n) is 4.11. The molecule has 1 saturated heterocycles. The molecule has 3 aromatic rings. The molecule has 1 atom stereocenters. The Morgan fingerprint density at radius 3 is 2.33 bits per heavy atom. The minimum absolute atomic E-state index is 0.0603. The average Bonchev–Trinajstić information content (AvgIpc) is 3.19. The smallest absolute Gasteiger partial charge is 0.339 e. The van der Waals surface area contributed by atoms with E-state index in [1.807, 2.05) is 12.1 Å². The van der Waals surface area contributed by atoms with Gasteiger partial charge in [0.15, 0.2) is 10.8 Å². The standard InChI is InChI=1S/C23H22F3N3O3S/c1-28-14-22(27-15-28)33(31,32)29-12-17(13-29)19(16-7-3-2-4-8-16)11-21(30)18-9-5-6-10-20(18)23(24,25)26/h2-10,14-15,17,19H,11-13H2,1H3. The summed E-state index contributed by atoms with van der Waals surface area (Å²) in [7, 11) is -2.10.